The Morgan fingerprint density at radius 2 is 1.81 bits per heavy atom. The van der Waals surface area contributed by atoms with Gasteiger partial charge in [-0.3, -0.25) is 0 Å². The van der Waals surface area contributed by atoms with E-state index >= 15 is 0 Å². The van der Waals surface area contributed by atoms with Crippen molar-refractivity contribution in [3.63, 3.8) is 0 Å². The van der Waals surface area contributed by atoms with Gasteiger partial charge in [0.25, 0.3) is 0 Å². The quantitative estimate of drug-likeness (QED) is 0.665. The van der Waals surface area contributed by atoms with Crippen LogP contribution in [0.25, 0.3) is 10.8 Å². The number of rotatable bonds is 0. The molecule has 1 heterocycles. The van der Waals surface area contributed by atoms with Crippen molar-refractivity contribution in [3.8, 4) is 6.07 Å². The first-order valence-electron chi connectivity index (χ1n) is 5.38. The predicted octanol–water partition coefficient (Wildman–Crippen LogP) is 3.50. The molecule has 0 aliphatic carbocycles. The third-order valence-corrected chi connectivity index (χ3v) is 3.15. The van der Waals surface area contributed by atoms with E-state index in [1.54, 1.807) is 0 Å². The normalized spacial score (nSPS) is 23.0. The molecule has 1 aliphatic heterocycles. The molecule has 16 heavy (non-hydrogen) atoms. The van der Waals surface area contributed by atoms with Crippen molar-refractivity contribution in [1.29, 1.82) is 5.26 Å². The molecule has 2 aromatic rings. The average molecular weight is 209 g/mol. The maximum absolute atomic E-state index is 9.11. The topological polar surface area (TPSA) is 33.0 Å². The first kappa shape index (κ1) is 9.38. The lowest BCUT2D eigenvalue weighted by molar-refractivity contribution is 0.0227. The minimum atomic E-state index is -0.436. The number of nitriles is 1. The maximum Gasteiger partial charge on any atom is 0.170 e. The Labute approximate surface area is 94.1 Å². The summed E-state index contributed by atoms with van der Waals surface area (Å²) in [7, 11) is 0. The van der Waals surface area contributed by atoms with Gasteiger partial charge in [0, 0.05) is 5.56 Å². The molecule has 0 fully saturated rings. The minimum Gasteiger partial charge on any atom is -0.351 e. The van der Waals surface area contributed by atoms with Crippen LogP contribution in [0.5, 0.6) is 0 Å². The molecular formula is C14H11NO. The SMILES string of the molecule is CC1OC(C#N)c2cccc3cccc1c23. The molecule has 0 bridgehead atoms. The van der Waals surface area contributed by atoms with E-state index in [0.717, 1.165) is 5.56 Å². The van der Waals surface area contributed by atoms with Crippen LogP contribution in [-0.4, -0.2) is 0 Å². The van der Waals surface area contributed by atoms with E-state index in [9.17, 15) is 0 Å². The van der Waals surface area contributed by atoms with Gasteiger partial charge in [0.05, 0.1) is 12.2 Å². The van der Waals surface area contributed by atoms with E-state index in [0.29, 0.717) is 0 Å². The smallest absolute Gasteiger partial charge is 0.170 e. The van der Waals surface area contributed by atoms with Crippen LogP contribution in [0.1, 0.15) is 30.3 Å². The zero-order chi connectivity index (χ0) is 11.1. The number of benzene rings is 2. The van der Waals surface area contributed by atoms with Crippen LogP contribution in [0.15, 0.2) is 36.4 Å². The highest BCUT2D eigenvalue weighted by Crippen LogP contribution is 2.40. The number of hydrogen-bond acceptors (Lipinski definition) is 2. The van der Waals surface area contributed by atoms with Crippen molar-refractivity contribution in [2.24, 2.45) is 0 Å². The lowest BCUT2D eigenvalue weighted by Gasteiger charge is -2.27. The second-order valence-corrected chi connectivity index (χ2v) is 4.08. The van der Waals surface area contributed by atoms with Crippen molar-refractivity contribution in [2.45, 2.75) is 19.1 Å². The van der Waals surface area contributed by atoms with Crippen LogP contribution in [0.3, 0.4) is 0 Å². The van der Waals surface area contributed by atoms with Crippen LogP contribution in [-0.2, 0) is 4.74 Å². The predicted molar refractivity (Wildman–Crippen MR) is 61.8 cm³/mol. The van der Waals surface area contributed by atoms with Gasteiger partial charge in [-0.2, -0.15) is 5.26 Å². The fourth-order valence-corrected chi connectivity index (χ4v) is 2.41. The van der Waals surface area contributed by atoms with Gasteiger partial charge in [0.1, 0.15) is 0 Å². The molecule has 0 saturated carbocycles. The van der Waals surface area contributed by atoms with Gasteiger partial charge in [-0.25, -0.2) is 0 Å². The summed E-state index contributed by atoms with van der Waals surface area (Å²) in [6.45, 7) is 2.00. The van der Waals surface area contributed by atoms with E-state index in [4.69, 9.17) is 10.00 Å². The highest BCUT2D eigenvalue weighted by atomic mass is 16.5. The summed E-state index contributed by atoms with van der Waals surface area (Å²) in [5, 5.41) is 11.5. The summed E-state index contributed by atoms with van der Waals surface area (Å²) in [6, 6.07) is 14.4. The summed E-state index contributed by atoms with van der Waals surface area (Å²) < 4.78 is 5.69. The fourth-order valence-electron chi connectivity index (χ4n) is 2.41. The molecule has 2 unspecified atom stereocenters. The van der Waals surface area contributed by atoms with Gasteiger partial charge >= 0.3 is 0 Å². The molecule has 2 atom stereocenters. The highest BCUT2D eigenvalue weighted by molar-refractivity contribution is 5.90. The Morgan fingerprint density at radius 1 is 1.12 bits per heavy atom. The third kappa shape index (κ3) is 1.16. The van der Waals surface area contributed by atoms with Crippen LogP contribution in [0.4, 0.5) is 0 Å². The van der Waals surface area contributed by atoms with Gasteiger partial charge in [0.2, 0.25) is 0 Å². The van der Waals surface area contributed by atoms with Crippen molar-refractivity contribution in [1.82, 2.24) is 0 Å². The standard InChI is InChI=1S/C14H11NO/c1-9-11-6-2-4-10-5-3-7-12(14(10)11)13(8-15)16-9/h2-7,9,13H,1H3. The summed E-state index contributed by atoms with van der Waals surface area (Å²) >= 11 is 0. The molecule has 1 aliphatic rings. The average Bonchev–Trinajstić information content (AvgIpc) is 2.33. The van der Waals surface area contributed by atoms with Crippen molar-refractivity contribution in [3.05, 3.63) is 47.5 Å². The Balaban J connectivity index is 2.43. The van der Waals surface area contributed by atoms with Crippen molar-refractivity contribution >= 4 is 10.8 Å². The molecule has 0 radical (unpaired) electrons. The van der Waals surface area contributed by atoms with E-state index in [2.05, 4.69) is 24.3 Å². The zero-order valence-electron chi connectivity index (χ0n) is 8.97. The molecule has 0 amide bonds. The van der Waals surface area contributed by atoms with Crippen LogP contribution in [0, 0.1) is 11.3 Å². The highest BCUT2D eigenvalue weighted by Gasteiger charge is 2.26. The van der Waals surface area contributed by atoms with Crippen molar-refractivity contribution in [2.75, 3.05) is 0 Å². The molecule has 0 saturated heterocycles. The van der Waals surface area contributed by atoms with Crippen molar-refractivity contribution < 1.29 is 4.74 Å². The number of hydrogen-bond donors (Lipinski definition) is 0. The van der Waals surface area contributed by atoms with E-state index in [1.807, 2.05) is 25.1 Å². The monoisotopic (exact) mass is 209 g/mol. The summed E-state index contributed by atoms with van der Waals surface area (Å²) in [4.78, 5) is 0. The summed E-state index contributed by atoms with van der Waals surface area (Å²) in [6.07, 6.45) is -0.447. The molecule has 2 nitrogen and oxygen atoms in total. The Kier molecular flexibility index (Phi) is 1.95. The number of ether oxygens (including phenoxy) is 1. The number of nitrogens with zero attached hydrogens (tertiary/aromatic N) is 1. The molecule has 2 heteroatoms. The molecule has 78 valence electrons. The van der Waals surface area contributed by atoms with Gasteiger partial charge in [-0.1, -0.05) is 36.4 Å². The van der Waals surface area contributed by atoms with E-state index in [1.165, 1.54) is 16.3 Å². The Bertz CT molecular complexity index is 592. The second kappa shape index (κ2) is 3.33. The molecule has 0 spiro atoms. The largest absolute Gasteiger partial charge is 0.351 e. The Morgan fingerprint density at radius 3 is 2.50 bits per heavy atom. The molecular weight excluding hydrogens is 198 g/mol. The maximum atomic E-state index is 9.11. The first-order valence-corrected chi connectivity index (χ1v) is 5.38. The first-order chi connectivity index (χ1) is 7.81. The molecule has 3 rings (SSSR count). The summed E-state index contributed by atoms with van der Waals surface area (Å²) in [5.74, 6) is 0. The zero-order valence-corrected chi connectivity index (χ0v) is 8.97. The minimum absolute atomic E-state index is 0.0109. The van der Waals surface area contributed by atoms with Gasteiger partial charge in [-0.15, -0.1) is 0 Å². The van der Waals surface area contributed by atoms with Gasteiger partial charge in [-0.05, 0) is 23.3 Å². The molecule has 0 N–H and O–H groups in total. The third-order valence-electron chi connectivity index (χ3n) is 3.15. The van der Waals surface area contributed by atoms with Gasteiger partial charge in [0.15, 0.2) is 6.10 Å². The molecule has 0 aromatic heterocycles. The van der Waals surface area contributed by atoms with Crippen LogP contribution < -0.4 is 0 Å². The van der Waals surface area contributed by atoms with E-state index < -0.39 is 6.10 Å². The van der Waals surface area contributed by atoms with Crippen LogP contribution in [0.2, 0.25) is 0 Å². The second-order valence-electron chi connectivity index (χ2n) is 4.08. The lowest BCUT2D eigenvalue weighted by Crippen LogP contribution is -2.13. The molecule has 2 aromatic carbocycles. The lowest BCUT2D eigenvalue weighted by atomic mass is 9.91. The van der Waals surface area contributed by atoms with Gasteiger partial charge < -0.3 is 4.74 Å². The van der Waals surface area contributed by atoms with E-state index in [-0.39, 0.29) is 6.10 Å². The fraction of sp³-hybridized carbons (Fsp3) is 0.214. The summed E-state index contributed by atoms with van der Waals surface area (Å²) in [5.41, 5.74) is 2.17. The van der Waals surface area contributed by atoms with Crippen LogP contribution >= 0.6 is 0 Å². The Hall–Kier alpha value is -1.85.